The number of piperidine rings is 1. The van der Waals surface area contributed by atoms with Gasteiger partial charge in [0.15, 0.2) is 0 Å². The third-order valence-electron chi connectivity index (χ3n) is 3.35. The first-order valence-corrected chi connectivity index (χ1v) is 6.98. The first-order chi connectivity index (χ1) is 9.84. The zero-order valence-corrected chi connectivity index (χ0v) is 11.9. The summed E-state index contributed by atoms with van der Waals surface area (Å²) in [6.07, 6.45) is -4.23. The molecule has 0 amide bonds. The van der Waals surface area contributed by atoms with Crippen molar-refractivity contribution in [1.82, 2.24) is 5.32 Å². The fourth-order valence-electron chi connectivity index (χ4n) is 2.35. The van der Waals surface area contributed by atoms with Gasteiger partial charge in [-0.05, 0) is 37.1 Å². The zero-order valence-electron chi connectivity index (χ0n) is 11.1. The molecule has 7 heteroatoms. The van der Waals surface area contributed by atoms with E-state index >= 15 is 0 Å². The van der Waals surface area contributed by atoms with Gasteiger partial charge in [0.1, 0.15) is 6.10 Å². The Morgan fingerprint density at radius 3 is 2.62 bits per heavy atom. The number of carbonyl (C=O) groups excluding carboxylic acids is 1. The molecule has 0 bridgehead atoms. The lowest BCUT2D eigenvalue weighted by Crippen LogP contribution is -2.44. The van der Waals surface area contributed by atoms with Crippen LogP contribution in [0.1, 0.15) is 18.4 Å². The number of hydrogen-bond acceptors (Lipinski definition) is 3. The number of esters is 1. The Morgan fingerprint density at radius 1 is 1.33 bits per heavy atom. The Labute approximate surface area is 125 Å². The maximum atomic E-state index is 12.2. The number of halogens is 4. The van der Waals surface area contributed by atoms with E-state index in [2.05, 4.69) is 10.1 Å². The Balaban J connectivity index is 1.89. The third kappa shape index (κ3) is 4.89. The Bertz CT molecular complexity index is 490. The van der Waals surface area contributed by atoms with Crippen LogP contribution in [0.5, 0.6) is 0 Å². The summed E-state index contributed by atoms with van der Waals surface area (Å²) in [5.41, 5.74) is 1.03. The van der Waals surface area contributed by atoms with Gasteiger partial charge in [0.2, 0.25) is 0 Å². The molecule has 1 aliphatic rings. The van der Waals surface area contributed by atoms with Crippen molar-refractivity contribution in [3.8, 4) is 0 Å². The van der Waals surface area contributed by atoms with Gasteiger partial charge in [-0.25, -0.2) is 4.79 Å². The number of hydrogen-bond donors (Lipinski definition) is 1. The van der Waals surface area contributed by atoms with Crippen molar-refractivity contribution in [3.63, 3.8) is 0 Å². The van der Waals surface area contributed by atoms with Crippen molar-refractivity contribution < 1.29 is 22.7 Å². The number of nitrogens with one attached hydrogen (secondary N) is 1. The standard InChI is InChI=1S/C14H15ClF3NO2/c15-10-3-1-9(2-4-10)7-11-8-12(5-6-19-11)21-13(20)14(16,17)18/h1-4,11-12,19H,5-8H2/t11-,12+/m0/s1. The molecular weight excluding hydrogens is 307 g/mol. The molecule has 0 radical (unpaired) electrons. The van der Waals surface area contributed by atoms with E-state index in [1.54, 1.807) is 12.1 Å². The fourth-order valence-corrected chi connectivity index (χ4v) is 2.48. The molecule has 1 saturated heterocycles. The summed E-state index contributed by atoms with van der Waals surface area (Å²) in [7, 11) is 0. The lowest BCUT2D eigenvalue weighted by molar-refractivity contribution is -0.206. The highest BCUT2D eigenvalue weighted by Crippen LogP contribution is 2.22. The molecule has 1 aromatic carbocycles. The van der Waals surface area contributed by atoms with E-state index in [9.17, 15) is 18.0 Å². The van der Waals surface area contributed by atoms with Crippen molar-refractivity contribution in [2.75, 3.05) is 6.54 Å². The summed E-state index contributed by atoms with van der Waals surface area (Å²) in [4.78, 5) is 10.9. The van der Waals surface area contributed by atoms with Gasteiger partial charge in [0.25, 0.3) is 0 Å². The lowest BCUT2D eigenvalue weighted by atomic mass is 9.96. The van der Waals surface area contributed by atoms with Crippen LogP contribution in [0.25, 0.3) is 0 Å². The van der Waals surface area contributed by atoms with Crippen molar-refractivity contribution in [2.24, 2.45) is 0 Å². The molecule has 1 aromatic rings. The van der Waals surface area contributed by atoms with Gasteiger partial charge in [0.05, 0.1) is 0 Å². The molecule has 3 nitrogen and oxygen atoms in total. The number of ether oxygens (including phenoxy) is 1. The predicted octanol–water partition coefficient (Wildman–Crippen LogP) is 3.11. The molecule has 2 rings (SSSR count). The molecule has 0 aromatic heterocycles. The molecule has 0 aliphatic carbocycles. The van der Waals surface area contributed by atoms with Crippen LogP contribution in [0.3, 0.4) is 0 Å². The second-order valence-corrected chi connectivity index (χ2v) is 5.47. The quantitative estimate of drug-likeness (QED) is 0.869. The van der Waals surface area contributed by atoms with Gasteiger partial charge < -0.3 is 10.1 Å². The summed E-state index contributed by atoms with van der Waals surface area (Å²) in [5, 5.41) is 3.85. The van der Waals surface area contributed by atoms with E-state index in [1.807, 2.05) is 12.1 Å². The van der Waals surface area contributed by atoms with Crippen LogP contribution in [0.2, 0.25) is 5.02 Å². The van der Waals surface area contributed by atoms with E-state index < -0.39 is 18.2 Å². The van der Waals surface area contributed by atoms with Crippen molar-refractivity contribution in [3.05, 3.63) is 34.9 Å². The summed E-state index contributed by atoms with van der Waals surface area (Å²) in [5.74, 6) is -2.11. The minimum absolute atomic E-state index is 0.0223. The van der Waals surface area contributed by atoms with Crippen LogP contribution in [-0.4, -0.2) is 30.8 Å². The molecule has 0 spiro atoms. The molecule has 1 heterocycles. The molecule has 0 unspecified atom stereocenters. The number of rotatable bonds is 3. The van der Waals surface area contributed by atoms with Gasteiger partial charge in [-0.15, -0.1) is 0 Å². The zero-order chi connectivity index (χ0) is 15.5. The molecular formula is C14H15ClF3NO2. The van der Waals surface area contributed by atoms with Gasteiger partial charge in [-0.1, -0.05) is 23.7 Å². The normalized spacial score (nSPS) is 22.9. The van der Waals surface area contributed by atoms with Gasteiger partial charge in [-0.3, -0.25) is 0 Å². The predicted molar refractivity (Wildman–Crippen MR) is 72.1 cm³/mol. The highest BCUT2D eigenvalue weighted by molar-refractivity contribution is 6.30. The maximum absolute atomic E-state index is 12.2. The fraction of sp³-hybridized carbons (Fsp3) is 0.500. The number of alkyl halides is 3. The molecule has 2 atom stereocenters. The highest BCUT2D eigenvalue weighted by Gasteiger charge is 2.42. The van der Waals surface area contributed by atoms with E-state index in [4.69, 9.17) is 11.6 Å². The van der Waals surface area contributed by atoms with Crippen LogP contribution in [-0.2, 0) is 16.0 Å². The molecule has 116 valence electrons. The average Bonchev–Trinajstić information content (AvgIpc) is 2.41. The molecule has 0 saturated carbocycles. The first-order valence-electron chi connectivity index (χ1n) is 6.60. The minimum atomic E-state index is -4.93. The minimum Gasteiger partial charge on any atom is -0.456 e. The van der Waals surface area contributed by atoms with Crippen molar-refractivity contribution in [1.29, 1.82) is 0 Å². The first kappa shape index (κ1) is 16.1. The lowest BCUT2D eigenvalue weighted by Gasteiger charge is -2.30. The second kappa shape index (κ2) is 6.66. The largest absolute Gasteiger partial charge is 0.490 e. The van der Waals surface area contributed by atoms with Gasteiger partial charge >= 0.3 is 12.1 Å². The van der Waals surface area contributed by atoms with Gasteiger partial charge in [0, 0.05) is 17.5 Å². The van der Waals surface area contributed by atoms with Crippen LogP contribution in [0, 0.1) is 0 Å². The number of benzene rings is 1. The third-order valence-corrected chi connectivity index (χ3v) is 3.60. The number of carbonyl (C=O) groups is 1. The second-order valence-electron chi connectivity index (χ2n) is 5.03. The summed E-state index contributed by atoms with van der Waals surface area (Å²) < 4.78 is 41.1. The van der Waals surface area contributed by atoms with E-state index in [1.165, 1.54) is 0 Å². The SMILES string of the molecule is O=C(O[C@@H]1CCN[C@@H](Cc2ccc(Cl)cc2)C1)C(F)(F)F. The summed E-state index contributed by atoms with van der Waals surface area (Å²) in [6.45, 7) is 0.522. The monoisotopic (exact) mass is 321 g/mol. The Hall–Kier alpha value is -1.27. The van der Waals surface area contributed by atoms with E-state index in [0.717, 1.165) is 5.56 Å². The van der Waals surface area contributed by atoms with Crippen LogP contribution in [0.15, 0.2) is 24.3 Å². The molecule has 21 heavy (non-hydrogen) atoms. The van der Waals surface area contributed by atoms with Crippen LogP contribution in [0.4, 0.5) is 13.2 Å². The van der Waals surface area contributed by atoms with Crippen LogP contribution >= 0.6 is 11.6 Å². The van der Waals surface area contributed by atoms with Crippen molar-refractivity contribution in [2.45, 2.75) is 37.6 Å². The molecule has 1 aliphatic heterocycles. The summed E-state index contributed by atoms with van der Waals surface area (Å²) in [6, 6.07) is 7.25. The molecule has 1 N–H and O–H groups in total. The topological polar surface area (TPSA) is 38.3 Å². The Kier molecular flexibility index (Phi) is 5.11. The smallest absolute Gasteiger partial charge is 0.456 e. The van der Waals surface area contributed by atoms with Gasteiger partial charge in [-0.2, -0.15) is 13.2 Å². The molecule has 1 fully saturated rings. The average molecular weight is 322 g/mol. The van der Waals surface area contributed by atoms with Crippen molar-refractivity contribution >= 4 is 17.6 Å². The van der Waals surface area contributed by atoms with E-state index in [-0.39, 0.29) is 6.04 Å². The Morgan fingerprint density at radius 2 is 2.00 bits per heavy atom. The highest BCUT2D eigenvalue weighted by atomic mass is 35.5. The summed E-state index contributed by atoms with van der Waals surface area (Å²) >= 11 is 5.80. The van der Waals surface area contributed by atoms with E-state index in [0.29, 0.717) is 30.8 Å². The van der Waals surface area contributed by atoms with Crippen LogP contribution < -0.4 is 5.32 Å². The maximum Gasteiger partial charge on any atom is 0.490 e.